The molecule has 0 atom stereocenters. The van der Waals surface area contributed by atoms with Gasteiger partial charge < -0.3 is 4.74 Å². The van der Waals surface area contributed by atoms with E-state index in [4.69, 9.17) is 4.74 Å². The van der Waals surface area contributed by atoms with Crippen LogP contribution in [-0.4, -0.2) is 6.61 Å². The Hall–Kier alpha value is -1.68. The molecule has 0 aromatic heterocycles. The molecular formula is C29H42O. The molecule has 3 rings (SSSR count). The molecule has 164 valence electrons. The molecule has 0 amide bonds. The van der Waals surface area contributed by atoms with Crippen molar-refractivity contribution in [1.29, 1.82) is 0 Å². The normalized spacial score (nSPS) is 26.9. The van der Waals surface area contributed by atoms with Crippen LogP contribution in [0.3, 0.4) is 0 Å². The maximum absolute atomic E-state index is 6.03. The summed E-state index contributed by atoms with van der Waals surface area (Å²) in [5.74, 6) is 11.0. The smallest absolute Gasteiger partial charge is 0.119 e. The Morgan fingerprint density at radius 3 is 2.27 bits per heavy atom. The van der Waals surface area contributed by atoms with E-state index in [1.54, 1.807) is 0 Å². The summed E-state index contributed by atoms with van der Waals surface area (Å²) < 4.78 is 6.03. The highest BCUT2D eigenvalue weighted by Crippen LogP contribution is 2.32. The van der Waals surface area contributed by atoms with Gasteiger partial charge in [0.15, 0.2) is 0 Å². The molecule has 2 fully saturated rings. The molecule has 0 saturated heterocycles. The summed E-state index contributed by atoms with van der Waals surface area (Å²) in [6.45, 7) is 5.35. The molecule has 0 spiro atoms. The van der Waals surface area contributed by atoms with Crippen molar-refractivity contribution in [2.45, 2.75) is 90.9 Å². The number of unbranched alkanes of at least 4 members (excludes halogenated alkanes) is 1. The van der Waals surface area contributed by atoms with Gasteiger partial charge in [0.2, 0.25) is 0 Å². The lowest BCUT2D eigenvalue weighted by atomic mass is 9.80. The predicted octanol–water partition coefficient (Wildman–Crippen LogP) is 7.99. The SMILES string of the molecule is CCCC[C@H]1CC[C@H](C=CC#C[C@H]2CC[C@H](COc3ccc(CC)cc3)CC2)CC1. The van der Waals surface area contributed by atoms with Crippen molar-refractivity contribution in [3.05, 3.63) is 42.0 Å². The summed E-state index contributed by atoms with van der Waals surface area (Å²) in [5, 5.41) is 0. The minimum Gasteiger partial charge on any atom is -0.493 e. The first-order chi connectivity index (χ1) is 14.8. The van der Waals surface area contributed by atoms with Crippen molar-refractivity contribution < 1.29 is 4.74 Å². The number of hydrogen-bond donors (Lipinski definition) is 0. The zero-order valence-electron chi connectivity index (χ0n) is 19.4. The Balaban J connectivity index is 1.30. The van der Waals surface area contributed by atoms with Crippen LogP contribution in [0.5, 0.6) is 5.75 Å². The van der Waals surface area contributed by atoms with E-state index in [-0.39, 0.29) is 0 Å². The minimum absolute atomic E-state index is 0.583. The molecule has 0 N–H and O–H groups in total. The number of ether oxygens (including phenoxy) is 1. The molecule has 2 aliphatic carbocycles. The third kappa shape index (κ3) is 7.86. The molecule has 1 heteroatoms. The number of hydrogen-bond acceptors (Lipinski definition) is 1. The quantitative estimate of drug-likeness (QED) is 0.397. The first-order valence-corrected chi connectivity index (χ1v) is 12.7. The van der Waals surface area contributed by atoms with E-state index in [9.17, 15) is 0 Å². The van der Waals surface area contributed by atoms with E-state index < -0.39 is 0 Å². The molecular weight excluding hydrogens is 364 g/mol. The molecule has 1 aromatic rings. The molecule has 0 heterocycles. The maximum atomic E-state index is 6.03. The maximum Gasteiger partial charge on any atom is 0.119 e. The second-order valence-corrected chi connectivity index (χ2v) is 9.60. The fourth-order valence-corrected chi connectivity index (χ4v) is 5.02. The lowest BCUT2D eigenvalue weighted by Crippen LogP contribution is -2.19. The van der Waals surface area contributed by atoms with Gasteiger partial charge in [-0.1, -0.05) is 63.2 Å². The Bertz CT molecular complexity index is 673. The van der Waals surface area contributed by atoms with Crippen LogP contribution in [0.15, 0.2) is 36.4 Å². The summed E-state index contributed by atoms with van der Waals surface area (Å²) in [5.41, 5.74) is 1.37. The monoisotopic (exact) mass is 406 g/mol. The van der Waals surface area contributed by atoms with Crippen LogP contribution in [-0.2, 0) is 6.42 Å². The second-order valence-electron chi connectivity index (χ2n) is 9.60. The summed E-state index contributed by atoms with van der Waals surface area (Å²) in [6.07, 6.45) is 20.4. The average Bonchev–Trinajstić information content (AvgIpc) is 2.81. The number of benzene rings is 1. The first kappa shape index (κ1) is 23.0. The van der Waals surface area contributed by atoms with Gasteiger partial charge >= 0.3 is 0 Å². The van der Waals surface area contributed by atoms with Gasteiger partial charge in [0, 0.05) is 5.92 Å². The van der Waals surface area contributed by atoms with Crippen molar-refractivity contribution in [3.8, 4) is 17.6 Å². The lowest BCUT2D eigenvalue weighted by Gasteiger charge is -2.26. The van der Waals surface area contributed by atoms with Gasteiger partial charge in [-0.25, -0.2) is 0 Å². The fourth-order valence-electron chi connectivity index (χ4n) is 5.02. The largest absolute Gasteiger partial charge is 0.493 e. The Kier molecular flexibility index (Phi) is 9.88. The van der Waals surface area contributed by atoms with Gasteiger partial charge in [0.25, 0.3) is 0 Å². The van der Waals surface area contributed by atoms with Gasteiger partial charge in [-0.15, -0.1) is 0 Å². The molecule has 0 aliphatic heterocycles. The van der Waals surface area contributed by atoms with E-state index in [0.717, 1.165) is 30.6 Å². The Morgan fingerprint density at radius 1 is 0.900 bits per heavy atom. The van der Waals surface area contributed by atoms with E-state index >= 15 is 0 Å². The van der Waals surface area contributed by atoms with Gasteiger partial charge in [-0.3, -0.25) is 0 Å². The highest BCUT2D eigenvalue weighted by molar-refractivity contribution is 5.27. The van der Waals surface area contributed by atoms with Gasteiger partial charge in [0.05, 0.1) is 6.61 Å². The predicted molar refractivity (Wildman–Crippen MR) is 129 cm³/mol. The summed E-state index contributed by atoms with van der Waals surface area (Å²) in [4.78, 5) is 0. The van der Waals surface area contributed by atoms with Gasteiger partial charge in [-0.05, 0) is 99.3 Å². The average molecular weight is 407 g/mol. The third-order valence-corrected chi connectivity index (χ3v) is 7.26. The van der Waals surface area contributed by atoms with Crippen LogP contribution in [0.1, 0.15) is 90.0 Å². The van der Waals surface area contributed by atoms with Crippen molar-refractivity contribution >= 4 is 0 Å². The summed E-state index contributed by atoms with van der Waals surface area (Å²) >= 11 is 0. The zero-order valence-corrected chi connectivity index (χ0v) is 19.4. The highest BCUT2D eigenvalue weighted by atomic mass is 16.5. The van der Waals surface area contributed by atoms with Crippen LogP contribution < -0.4 is 4.74 Å². The van der Waals surface area contributed by atoms with E-state index in [0.29, 0.717) is 11.8 Å². The Labute approximate surface area is 185 Å². The molecule has 0 radical (unpaired) electrons. The van der Waals surface area contributed by atoms with Crippen LogP contribution in [0.2, 0.25) is 0 Å². The highest BCUT2D eigenvalue weighted by Gasteiger charge is 2.21. The molecule has 2 aliphatic rings. The standard InChI is InChI=1S/C29H42O/c1-3-5-8-25-11-13-26(14-12-25)9-6-7-10-27-15-17-28(18-16-27)23-30-29-21-19-24(4-2)20-22-29/h6,9,19-22,25-28H,3-5,8,11-18,23H2,1-2H3/t25-,26-,27-,28-. The molecule has 2 saturated carbocycles. The molecule has 1 nitrogen and oxygen atoms in total. The molecule has 30 heavy (non-hydrogen) atoms. The Morgan fingerprint density at radius 2 is 1.60 bits per heavy atom. The van der Waals surface area contributed by atoms with E-state index in [1.807, 2.05) is 0 Å². The topological polar surface area (TPSA) is 9.23 Å². The summed E-state index contributed by atoms with van der Waals surface area (Å²) in [7, 11) is 0. The van der Waals surface area contributed by atoms with Crippen LogP contribution in [0.25, 0.3) is 0 Å². The van der Waals surface area contributed by atoms with Crippen molar-refractivity contribution in [2.24, 2.45) is 23.7 Å². The lowest BCUT2D eigenvalue weighted by molar-refractivity contribution is 0.196. The van der Waals surface area contributed by atoms with E-state index in [1.165, 1.54) is 76.2 Å². The third-order valence-electron chi connectivity index (χ3n) is 7.26. The van der Waals surface area contributed by atoms with Crippen LogP contribution in [0.4, 0.5) is 0 Å². The summed E-state index contributed by atoms with van der Waals surface area (Å²) in [6, 6.07) is 8.57. The van der Waals surface area contributed by atoms with Crippen molar-refractivity contribution in [2.75, 3.05) is 6.61 Å². The van der Waals surface area contributed by atoms with Crippen molar-refractivity contribution in [1.82, 2.24) is 0 Å². The molecule has 1 aromatic carbocycles. The van der Waals surface area contributed by atoms with E-state index in [2.05, 4.69) is 62.1 Å². The zero-order chi connectivity index (χ0) is 21.0. The van der Waals surface area contributed by atoms with Crippen LogP contribution >= 0.6 is 0 Å². The second kappa shape index (κ2) is 12.9. The van der Waals surface area contributed by atoms with Crippen LogP contribution in [0, 0.1) is 35.5 Å². The molecule has 0 unspecified atom stereocenters. The number of rotatable bonds is 8. The number of aryl methyl sites for hydroxylation is 1. The van der Waals surface area contributed by atoms with Crippen molar-refractivity contribution in [3.63, 3.8) is 0 Å². The first-order valence-electron chi connectivity index (χ1n) is 12.7. The fraction of sp³-hybridized carbons (Fsp3) is 0.655. The van der Waals surface area contributed by atoms with Gasteiger partial charge in [-0.2, -0.15) is 0 Å². The number of allylic oxidation sites excluding steroid dienone is 2. The van der Waals surface area contributed by atoms with Gasteiger partial charge in [0.1, 0.15) is 5.75 Å². The molecule has 0 bridgehead atoms. The minimum atomic E-state index is 0.583.